The van der Waals surface area contributed by atoms with E-state index in [0.29, 0.717) is 46.4 Å². The van der Waals surface area contributed by atoms with E-state index in [1.54, 1.807) is 13.8 Å². The van der Waals surface area contributed by atoms with Crippen molar-refractivity contribution in [2.75, 3.05) is 7.11 Å². The Bertz CT molecular complexity index is 1310. The average molecular weight is 490 g/mol. The van der Waals surface area contributed by atoms with Crippen LogP contribution in [0.2, 0.25) is 5.02 Å². The summed E-state index contributed by atoms with van der Waals surface area (Å²) in [6.07, 6.45) is 1.97. The number of fused-ring (bicyclic) bond motifs is 2. The average Bonchev–Trinajstić information content (AvgIpc) is 3.20. The highest BCUT2D eigenvalue weighted by molar-refractivity contribution is 6.34. The van der Waals surface area contributed by atoms with Crippen molar-refractivity contribution in [3.63, 3.8) is 0 Å². The monoisotopic (exact) mass is 489 g/mol. The van der Waals surface area contributed by atoms with Gasteiger partial charge in [-0.25, -0.2) is 0 Å². The first-order valence-corrected chi connectivity index (χ1v) is 11.6. The van der Waals surface area contributed by atoms with Gasteiger partial charge in [0.2, 0.25) is 0 Å². The van der Waals surface area contributed by atoms with Crippen molar-refractivity contribution in [2.45, 2.75) is 65.4 Å². The Labute approximate surface area is 202 Å². The summed E-state index contributed by atoms with van der Waals surface area (Å²) < 4.78 is 17.4. The highest BCUT2D eigenvalue weighted by atomic mass is 35.5. The molecule has 8 nitrogen and oxygen atoms in total. The molecule has 0 amide bonds. The molecule has 1 aliphatic heterocycles. The van der Waals surface area contributed by atoms with Gasteiger partial charge in [-0.2, -0.15) is 0 Å². The van der Waals surface area contributed by atoms with Gasteiger partial charge >= 0.3 is 0 Å². The van der Waals surface area contributed by atoms with Crippen molar-refractivity contribution in [3.05, 3.63) is 33.0 Å². The lowest BCUT2D eigenvalue weighted by Crippen LogP contribution is -2.39. The summed E-state index contributed by atoms with van der Waals surface area (Å²) in [5.74, 6) is -0.875. The minimum Gasteiger partial charge on any atom is -0.507 e. The fourth-order valence-corrected chi connectivity index (χ4v) is 4.77. The van der Waals surface area contributed by atoms with Crippen LogP contribution < -0.4 is 9.47 Å². The number of aryl methyl sites for hydroxylation is 1. The summed E-state index contributed by atoms with van der Waals surface area (Å²) in [6, 6.07) is 0. The van der Waals surface area contributed by atoms with E-state index in [4.69, 9.17) is 25.6 Å². The fourth-order valence-electron chi connectivity index (χ4n) is 4.56. The lowest BCUT2D eigenvalue weighted by molar-refractivity contribution is 0.0485. The van der Waals surface area contributed by atoms with Crippen LogP contribution in [0, 0.1) is 6.92 Å². The Morgan fingerprint density at radius 2 is 1.85 bits per heavy atom. The lowest BCUT2D eigenvalue weighted by atomic mass is 9.86. The molecular formula is C25H28ClNO7. The van der Waals surface area contributed by atoms with Crippen LogP contribution in [0.15, 0.2) is 4.52 Å². The van der Waals surface area contributed by atoms with Gasteiger partial charge in [0, 0.05) is 23.1 Å². The summed E-state index contributed by atoms with van der Waals surface area (Å²) in [6.45, 7) is 7.41. The molecule has 4 rings (SSSR count). The topological polar surface area (TPSA) is 122 Å². The second kappa shape index (κ2) is 8.58. The number of ketones is 1. The molecule has 9 heteroatoms. The van der Waals surface area contributed by atoms with E-state index in [1.807, 2.05) is 13.8 Å². The summed E-state index contributed by atoms with van der Waals surface area (Å²) in [5, 5.41) is 37.0. The Morgan fingerprint density at radius 1 is 1.15 bits per heavy atom. The summed E-state index contributed by atoms with van der Waals surface area (Å²) in [4.78, 5) is 13.0. The zero-order chi connectivity index (χ0) is 24.9. The van der Waals surface area contributed by atoms with Crippen LogP contribution in [0.4, 0.5) is 0 Å². The van der Waals surface area contributed by atoms with E-state index in [-0.39, 0.29) is 46.3 Å². The van der Waals surface area contributed by atoms with Gasteiger partial charge in [-0.1, -0.05) is 37.0 Å². The Balaban J connectivity index is 2.00. The number of rotatable bonds is 6. The highest BCUT2D eigenvalue weighted by Crippen LogP contribution is 2.52. The number of hydrogen-bond donors (Lipinski definition) is 3. The van der Waals surface area contributed by atoms with Crippen LogP contribution >= 0.6 is 11.6 Å². The van der Waals surface area contributed by atoms with Crippen LogP contribution in [0.5, 0.6) is 28.7 Å². The van der Waals surface area contributed by atoms with Crippen LogP contribution in [0.1, 0.15) is 72.8 Å². The summed E-state index contributed by atoms with van der Waals surface area (Å²) in [5.41, 5.74) is 1.09. The minimum absolute atomic E-state index is 0.0503. The number of carbonyl (C=O) groups is 1. The van der Waals surface area contributed by atoms with Gasteiger partial charge in [0.25, 0.3) is 0 Å². The molecule has 34 heavy (non-hydrogen) atoms. The number of carbonyl (C=O) groups excluding carboxylic acids is 1. The first-order valence-electron chi connectivity index (χ1n) is 11.2. The minimum atomic E-state index is -0.820. The molecule has 2 heterocycles. The lowest BCUT2D eigenvalue weighted by Gasteiger charge is -2.36. The zero-order valence-electron chi connectivity index (χ0n) is 19.8. The predicted molar refractivity (Wildman–Crippen MR) is 127 cm³/mol. The van der Waals surface area contributed by atoms with Crippen molar-refractivity contribution in [1.29, 1.82) is 0 Å². The molecule has 1 aromatic heterocycles. The number of methoxy groups -OCH3 is 1. The van der Waals surface area contributed by atoms with Gasteiger partial charge in [0.05, 0.1) is 24.6 Å². The molecule has 0 aliphatic carbocycles. The van der Waals surface area contributed by atoms with E-state index in [1.165, 1.54) is 7.11 Å². The maximum Gasteiger partial charge on any atom is 0.178 e. The smallest absolute Gasteiger partial charge is 0.178 e. The first kappa shape index (κ1) is 24.0. The number of aromatic nitrogens is 1. The van der Waals surface area contributed by atoms with Crippen LogP contribution in [-0.4, -0.2) is 39.0 Å². The molecule has 1 aliphatic rings. The number of hydrogen-bond acceptors (Lipinski definition) is 8. The van der Waals surface area contributed by atoms with Crippen molar-refractivity contribution >= 4 is 28.4 Å². The molecule has 0 spiro atoms. The molecule has 1 atom stereocenters. The number of nitrogens with zero attached hydrogens (tertiary/aromatic N) is 1. The molecule has 0 saturated heterocycles. The second-order valence-electron chi connectivity index (χ2n) is 8.94. The molecule has 3 N–H and O–H groups in total. The quantitative estimate of drug-likeness (QED) is 0.409. The maximum atomic E-state index is 13.0. The number of phenols is 3. The molecule has 1 unspecified atom stereocenters. The van der Waals surface area contributed by atoms with Crippen LogP contribution in [0.3, 0.4) is 0 Å². The number of aromatic hydroxyl groups is 3. The van der Waals surface area contributed by atoms with Crippen molar-refractivity contribution < 1.29 is 34.1 Å². The SMILES string of the molecule is CCCc1noc2c(Cc3c(O)c(Cl)c(O)c4c3OC(C)(CC)CC4=O)c(O)c(C)c(OC)c12. The molecule has 2 aromatic carbocycles. The third kappa shape index (κ3) is 3.52. The van der Waals surface area contributed by atoms with Crippen molar-refractivity contribution in [3.8, 4) is 28.7 Å². The third-order valence-corrected chi connectivity index (χ3v) is 7.00. The number of Topliss-reactive ketones (excluding diaryl/α,β-unsaturated/α-hetero) is 1. The molecule has 0 fully saturated rings. The molecule has 0 bridgehead atoms. The number of phenolic OH excluding ortho intramolecular Hbond substituents is 3. The molecule has 0 saturated carbocycles. The standard InChI is InChI=1S/C25H28ClNO7/c1-6-8-14-16-22(32-5)11(3)19(29)12(24(16)34-27-14)9-13-20(30)18(26)21(31)17-15(28)10-25(4,7-2)33-23(13)17/h29-31H,6-10H2,1-5H3. The van der Waals surface area contributed by atoms with E-state index in [2.05, 4.69) is 5.16 Å². The van der Waals surface area contributed by atoms with E-state index in [0.717, 1.165) is 6.42 Å². The Kier molecular flexibility index (Phi) is 6.06. The van der Waals surface area contributed by atoms with Gasteiger partial charge in [0.15, 0.2) is 17.1 Å². The summed E-state index contributed by atoms with van der Waals surface area (Å²) >= 11 is 6.21. The maximum absolute atomic E-state index is 13.0. The normalized spacial score (nSPS) is 17.6. The van der Waals surface area contributed by atoms with Gasteiger partial charge in [-0.15, -0.1) is 0 Å². The van der Waals surface area contributed by atoms with E-state index in [9.17, 15) is 20.1 Å². The Morgan fingerprint density at radius 3 is 2.47 bits per heavy atom. The van der Waals surface area contributed by atoms with Gasteiger partial charge in [-0.05, 0) is 26.7 Å². The molecule has 3 aromatic rings. The number of benzene rings is 2. The van der Waals surface area contributed by atoms with Gasteiger partial charge in [0.1, 0.15) is 39.2 Å². The second-order valence-corrected chi connectivity index (χ2v) is 9.32. The highest BCUT2D eigenvalue weighted by Gasteiger charge is 2.41. The van der Waals surface area contributed by atoms with Crippen LogP contribution in [0.25, 0.3) is 11.0 Å². The number of halogens is 1. The number of ether oxygens (including phenoxy) is 2. The van der Waals surface area contributed by atoms with E-state index >= 15 is 0 Å². The summed E-state index contributed by atoms with van der Waals surface area (Å²) in [7, 11) is 1.51. The first-order chi connectivity index (χ1) is 16.1. The largest absolute Gasteiger partial charge is 0.507 e. The Hall–Kier alpha value is -3.13. The molecule has 0 radical (unpaired) electrons. The van der Waals surface area contributed by atoms with E-state index < -0.39 is 17.1 Å². The third-order valence-electron chi connectivity index (χ3n) is 6.64. The molecule has 182 valence electrons. The van der Waals surface area contributed by atoms with Crippen molar-refractivity contribution in [2.24, 2.45) is 0 Å². The fraction of sp³-hybridized carbons (Fsp3) is 0.440. The van der Waals surface area contributed by atoms with Crippen LogP contribution in [-0.2, 0) is 12.8 Å². The zero-order valence-corrected chi connectivity index (χ0v) is 20.6. The molecular weight excluding hydrogens is 462 g/mol. The van der Waals surface area contributed by atoms with Crippen molar-refractivity contribution in [1.82, 2.24) is 5.16 Å². The van der Waals surface area contributed by atoms with Gasteiger partial charge in [-0.3, -0.25) is 4.79 Å². The predicted octanol–water partition coefficient (Wildman–Crippen LogP) is 5.59. The van der Waals surface area contributed by atoms with Gasteiger partial charge < -0.3 is 29.3 Å².